The third kappa shape index (κ3) is 7.27. The van der Waals surface area contributed by atoms with Gasteiger partial charge in [0.1, 0.15) is 35.3 Å². The number of hydrogen-bond donors (Lipinski definition) is 1. The zero-order valence-corrected chi connectivity index (χ0v) is 18.3. The molecule has 0 unspecified atom stereocenters. The molecular formula is C27H28F2O4. The number of ether oxygens (including phenoxy) is 3. The predicted octanol–water partition coefficient (Wildman–Crippen LogP) is 5.68. The Morgan fingerprint density at radius 2 is 1.21 bits per heavy atom. The van der Waals surface area contributed by atoms with Crippen molar-refractivity contribution in [2.24, 2.45) is 0 Å². The summed E-state index contributed by atoms with van der Waals surface area (Å²) in [5.74, 6) is 0.574. The van der Waals surface area contributed by atoms with Crippen LogP contribution in [0.4, 0.5) is 8.78 Å². The Balaban J connectivity index is 0.000000172. The van der Waals surface area contributed by atoms with Crippen molar-refractivity contribution in [2.75, 3.05) is 0 Å². The second-order valence-corrected chi connectivity index (χ2v) is 8.41. The third-order valence-corrected chi connectivity index (χ3v) is 5.65. The largest absolute Gasteiger partial charge is 0.490 e. The van der Waals surface area contributed by atoms with E-state index in [-0.39, 0.29) is 36.1 Å². The first kappa shape index (κ1) is 23.2. The van der Waals surface area contributed by atoms with Gasteiger partial charge in [-0.05, 0) is 29.8 Å². The van der Waals surface area contributed by atoms with Gasteiger partial charge in [-0.2, -0.15) is 0 Å². The van der Waals surface area contributed by atoms with E-state index in [1.807, 2.05) is 18.2 Å². The van der Waals surface area contributed by atoms with E-state index in [9.17, 15) is 8.78 Å². The summed E-state index contributed by atoms with van der Waals surface area (Å²) in [6, 6.07) is 22.4. The zero-order valence-electron chi connectivity index (χ0n) is 18.3. The van der Waals surface area contributed by atoms with E-state index in [1.54, 1.807) is 24.3 Å². The average Bonchev–Trinajstić information content (AvgIpc) is 2.75. The maximum absolute atomic E-state index is 13.0. The fourth-order valence-corrected chi connectivity index (χ4v) is 3.64. The van der Waals surface area contributed by atoms with Crippen molar-refractivity contribution in [2.45, 2.75) is 56.7 Å². The quantitative estimate of drug-likeness (QED) is 0.499. The van der Waals surface area contributed by atoms with E-state index in [1.165, 1.54) is 29.8 Å². The molecule has 0 bridgehead atoms. The van der Waals surface area contributed by atoms with E-state index in [0.29, 0.717) is 30.9 Å². The van der Waals surface area contributed by atoms with E-state index in [0.717, 1.165) is 12.8 Å². The summed E-state index contributed by atoms with van der Waals surface area (Å²) >= 11 is 0. The fraction of sp³-hybridized carbons (Fsp3) is 0.333. The number of aliphatic hydroxyl groups is 1. The molecule has 2 aliphatic rings. The number of aliphatic hydroxyl groups excluding tert-OH is 1. The van der Waals surface area contributed by atoms with Crippen LogP contribution in [0.15, 0.2) is 78.9 Å². The molecule has 0 aliphatic heterocycles. The van der Waals surface area contributed by atoms with Gasteiger partial charge in [-0.3, -0.25) is 0 Å². The van der Waals surface area contributed by atoms with Gasteiger partial charge >= 0.3 is 0 Å². The minimum absolute atomic E-state index is 0.0526. The predicted molar refractivity (Wildman–Crippen MR) is 121 cm³/mol. The molecule has 5 rings (SSSR count). The number of benzene rings is 3. The monoisotopic (exact) mass is 454 g/mol. The minimum atomic E-state index is -0.294. The molecule has 0 amide bonds. The van der Waals surface area contributed by atoms with Gasteiger partial charge in [-0.1, -0.05) is 42.5 Å². The minimum Gasteiger partial charge on any atom is -0.490 e. The van der Waals surface area contributed by atoms with E-state index < -0.39 is 0 Å². The molecular weight excluding hydrogens is 426 g/mol. The van der Waals surface area contributed by atoms with Crippen LogP contribution in [0.3, 0.4) is 0 Å². The zero-order chi connectivity index (χ0) is 23.0. The van der Waals surface area contributed by atoms with Crippen LogP contribution in [-0.2, 0) is 11.3 Å². The van der Waals surface area contributed by atoms with Gasteiger partial charge < -0.3 is 19.3 Å². The lowest BCUT2D eigenvalue weighted by Gasteiger charge is -2.35. The Bertz CT molecular complexity index is 1000. The van der Waals surface area contributed by atoms with Gasteiger partial charge in [0.15, 0.2) is 0 Å². The van der Waals surface area contributed by atoms with Crippen LogP contribution >= 0.6 is 0 Å². The first-order valence-corrected chi connectivity index (χ1v) is 11.2. The lowest BCUT2D eigenvalue weighted by molar-refractivity contribution is -0.0684. The summed E-state index contributed by atoms with van der Waals surface area (Å²) in [6.07, 6.45) is 3.22. The van der Waals surface area contributed by atoms with Gasteiger partial charge in [0.05, 0.1) is 18.8 Å². The normalized spacial score (nSPS) is 23.4. The number of hydrogen-bond acceptors (Lipinski definition) is 4. The highest BCUT2D eigenvalue weighted by atomic mass is 19.1. The van der Waals surface area contributed by atoms with Gasteiger partial charge in [0.2, 0.25) is 0 Å². The molecule has 1 N–H and O–H groups in total. The van der Waals surface area contributed by atoms with Crippen molar-refractivity contribution in [1.82, 2.24) is 0 Å². The fourth-order valence-electron chi connectivity index (χ4n) is 3.64. The molecule has 0 radical (unpaired) electrons. The highest BCUT2D eigenvalue weighted by molar-refractivity contribution is 5.24. The molecule has 4 nitrogen and oxygen atoms in total. The van der Waals surface area contributed by atoms with Gasteiger partial charge in [0, 0.05) is 37.8 Å². The lowest BCUT2D eigenvalue weighted by atomic mass is 9.92. The molecule has 3 aromatic carbocycles. The Morgan fingerprint density at radius 1 is 0.667 bits per heavy atom. The van der Waals surface area contributed by atoms with Crippen LogP contribution in [0, 0.1) is 11.6 Å². The van der Waals surface area contributed by atoms with Gasteiger partial charge in [-0.15, -0.1) is 0 Å². The molecule has 0 saturated heterocycles. The van der Waals surface area contributed by atoms with Crippen LogP contribution in [0.1, 0.15) is 31.2 Å². The van der Waals surface area contributed by atoms with Crippen molar-refractivity contribution in [3.8, 4) is 11.5 Å². The summed E-state index contributed by atoms with van der Waals surface area (Å²) < 4.78 is 42.6. The average molecular weight is 455 g/mol. The maximum Gasteiger partial charge on any atom is 0.126 e. The van der Waals surface area contributed by atoms with Crippen molar-refractivity contribution >= 4 is 0 Å². The lowest BCUT2D eigenvalue weighted by Crippen LogP contribution is -2.39. The Morgan fingerprint density at radius 3 is 1.73 bits per heavy atom. The smallest absolute Gasteiger partial charge is 0.126 e. The first-order valence-electron chi connectivity index (χ1n) is 11.2. The van der Waals surface area contributed by atoms with E-state index >= 15 is 0 Å². The van der Waals surface area contributed by atoms with E-state index in [4.69, 9.17) is 19.3 Å². The second kappa shape index (κ2) is 11.3. The highest BCUT2D eigenvalue weighted by Gasteiger charge is 2.31. The van der Waals surface area contributed by atoms with Crippen LogP contribution in [0.25, 0.3) is 0 Å². The maximum atomic E-state index is 13.0. The third-order valence-electron chi connectivity index (χ3n) is 5.65. The summed E-state index contributed by atoms with van der Waals surface area (Å²) in [6.45, 7) is 0.637. The summed E-state index contributed by atoms with van der Waals surface area (Å²) in [5, 5.41) is 9.00. The topological polar surface area (TPSA) is 47.9 Å². The SMILES string of the molecule is Fc1cccc(OC2CC(OCc3ccccc3)C2)c1.OC1CC(Oc2cccc(F)c2)C1. The highest BCUT2D eigenvalue weighted by Crippen LogP contribution is 2.29. The van der Waals surface area contributed by atoms with Crippen molar-refractivity contribution in [3.05, 3.63) is 96.1 Å². The van der Waals surface area contributed by atoms with E-state index in [2.05, 4.69) is 12.1 Å². The number of halogens is 2. The first-order chi connectivity index (χ1) is 16.0. The molecule has 3 aromatic rings. The second-order valence-electron chi connectivity index (χ2n) is 8.41. The molecule has 0 atom stereocenters. The summed E-state index contributed by atoms with van der Waals surface area (Å²) in [4.78, 5) is 0. The van der Waals surface area contributed by atoms with Gasteiger partial charge in [-0.25, -0.2) is 8.78 Å². The Labute approximate surface area is 192 Å². The van der Waals surface area contributed by atoms with Crippen LogP contribution in [0.2, 0.25) is 0 Å². The van der Waals surface area contributed by atoms with Crippen molar-refractivity contribution in [1.29, 1.82) is 0 Å². The summed E-state index contributed by atoms with van der Waals surface area (Å²) in [5.41, 5.74) is 1.18. The van der Waals surface area contributed by atoms with Crippen LogP contribution in [-0.4, -0.2) is 29.5 Å². The molecule has 2 fully saturated rings. The van der Waals surface area contributed by atoms with Crippen molar-refractivity contribution < 1.29 is 28.1 Å². The Hall–Kier alpha value is -2.96. The molecule has 0 spiro atoms. The summed E-state index contributed by atoms with van der Waals surface area (Å²) in [7, 11) is 0. The molecule has 33 heavy (non-hydrogen) atoms. The number of rotatable bonds is 7. The Kier molecular flexibility index (Phi) is 7.92. The molecule has 0 heterocycles. The van der Waals surface area contributed by atoms with Crippen molar-refractivity contribution in [3.63, 3.8) is 0 Å². The molecule has 174 valence electrons. The molecule has 6 heteroatoms. The molecule has 0 aromatic heterocycles. The molecule has 2 saturated carbocycles. The van der Waals surface area contributed by atoms with Gasteiger partial charge in [0.25, 0.3) is 0 Å². The standard InChI is InChI=1S/C17H17FO2.C10H11FO2/c18-14-7-4-8-15(9-14)20-17-10-16(11-17)19-12-13-5-2-1-3-6-13;11-7-2-1-3-9(4-7)13-10-5-8(12)6-10/h1-9,16-17H,10-12H2;1-4,8,10,12H,5-6H2. The van der Waals surface area contributed by atoms with Crippen LogP contribution < -0.4 is 9.47 Å². The molecule has 2 aliphatic carbocycles. The van der Waals surface area contributed by atoms with Crippen LogP contribution in [0.5, 0.6) is 11.5 Å².